The van der Waals surface area contributed by atoms with Gasteiger partial charge in [0, 0.05) is 12.6 Å². The Balaban J connectivity index is 2.50. The molecule has 1 aliphatic rings. The molecule has 1 heterocycles. The topological polar surface area (TPSA) is 64.4 Å². The molecule has 62 valence electrons. The van der Waals surface area contributed by atoms with Gasteiger partial charge in [-0.1, -0.05) is 0 Å². The lowest BCUT2D eigenvalue weighted by Crippen LogP contribution is -2.59. The van der Waals surface area contributed by atoms with Gasteiger partial charge >= 0.3 is 5.97 Å². The van der Waals surface area contributed by atoms with Crippen LogP contribution in [0.4, 0.5) is 0 Å². The Labute approximate surface area is 65.3 Å². The van der Waals surface area contributed by atoms with Crippen molar-refractivity contribution in [2.75, 3.05) is 6.54 Å². The van der Waals surface area contributed by atoms with Gasteiger partial charge in [-0.15, -0.1) is 0 Å². The van der Waals surface area contributed by atoms with E-state index in [1.165, 1.54) is 0 Å². The number of rotatable bonds is 1. The molecule has 0 aromatic rings. The van der Waals surface area contributed by atoms with Gasteiger partial charge in [-0.05, 0) is 13.8 Å². The van der Waals surface area contributed by atoms with E-state index in [0.29, 0.717) is 12.4 Å². The van der Waals surface area contributed by atoms with Crippen molar-refractivity contribution < 1.29 is 9.90 Å². The Morgan fingerprint density at radius 1 is 1.73 bits per heavy atom. The van der Waals surface area contributed by atoms with Crippen LogP contribution in [0.1, 0.15) is 13.8 Å². The fourth-order valence-corrected chi connectivity index (χ4v) is 1.34. The summed E-state index contributed by atoms with van der Waals surface area (Å²) >= 11 is 0. The lowest BCUT2D eigenvalue weighted by Gasteiger charge is -2.44. The maximum absolute atomic E-state index is 10.5. The number of carboxylic acids is 1. The predicted octanol–water partition coefficient (Wildman–Crippen LogP) is 0.388. The summed E-state index contributed by atoms with van der Waals surface area (Å²) in [7, 11) is 0. The van der Waals surface area contributed by atoms with Crippen LogP contribution in [0.2, 0.25) is 0 Å². The Morgan fingerprint density at radius 3 is 2.55 bits per heavy atom. The molecule has 0 aromatic carbocycles. The van der Waals surface area contributed by atoms with Crippen LogP contribution >= 0.6 is 0 Å². The van der Waals surface area contributed by atoms with Gasteiger partial charge in [0.2, 0.25) is 0 Å². The van der Waals surface area contributed by atoms with Crippen LogP contribution in [0.15, 0.2) is 0 Å². The van der Waals surface area contributed by atoms with Crippen molar-refractivity contribution >= 4 is 11.8 Å². The van der Waals surface area contributed by atoms with Crippen molar-refractivity contribution in [1.82, 2.24) is 4.90 Å². The molecule has 0 amide bonds. The first kappa shape index (κ1) is 8.04. The van der Waals surface area contributed by atoms with Crippen LogP contribution in [0.5, 0.6) is 0 Å². The number of hydrogen-bond donors (Lipinski definition) is 2. The second-order valence-corrected chi connectivity index (χ2v) is 2.92. The summed E-state index contributed by atoms with van der Waals surface area (Å²) in [6, 6.07) is -0.00926. The standard InChI is InChI=1S/C7H12N2O2/c1-4-6(7(10)11)3-9(4)5(2)8/h4,6,8H,3H2,1-2H3,(H,10,11)/t4-,6+/m0/s1. The number of carbonyl (C=O) groups is 1. The van der Waals surface area contributed by atoms with Crippen molar-refractivity contribution in [2.24, 2.45) is 5.92 Å². The van der Waals surface area contributed by atoms with Crippen molar-refractivity contribution in [3.63, 3.8) is 0 Å². The summed E-state index contributed by atoms with van der Waals surface area (Å²) in [6.45, 7) is 4.00. The Bertz CT molecular complexity index is 183. The smallest absolute Gasteiger partial charge is 0.310 e. The van der Waals surface area contributed by atoms with E-state index in [0.717, 1.165) is 0 Å². The Kier molecular flexibility index (Phi) is 1.85. The first-order valence-electron chi connectivity index (χ1n) is 3.58. The first-order chi connectivity index (χ1) is 5.04. The molecule has 1 saturated heterocycles. The maximum atomic E-state index is 10.5. The zero-order valence-electron chi connectivity index (χ0n) is 6.66. The molecule has 1 rings (SSSR count). The maximum Gasteiger partial charge on any atom is 0.310 e. The number of nitrogens with one attached hydrogen (secondary N) is 1. The second kappa shape index (κ2) is 2.53. The fourth-order valence-electron chi connectivity index (χ4n) is 1.34. The molecule has 1 fully saturated rings. The summed E-state index contributed by atoms with van der Waals surface area (Å²) in [5.41, 5.74) is 0. The van der Waals surface area contributed by atoms with Gasteiger partial charge in [-0.3, -0.25) is 10.2 Å². The highest BCUT2D eigenvalue weighted by molar-refractivity contribution is 5.81. The number of nitrogens with zero attached hydrogens (tertiary/aromatic N) is 1. The van der Waals surface area contributed by atoms with Crippen LogP contribution in [-0.4, -0.2) is 34.4 Å². The van der Waals surface area contributed by atoms with Crippen molar-refractivity contribution in [1.29, 1.82) is 5.41 Å². The third-order valence-corrected chi connectivity index (χ3v) is 2.22. The van der Waals surface area contributed by atoms with Gasteiger partial charge in [-0.25, -0.2) is 0 Å². The molecule has 11 heavy (non-hydrogen) atoms. The number of amidine groups is 1. The van der Waals surface area contributed by atoms with E-state index >= 15 is 0 Å². The van der Waals surface area contributed by atoms with Crippen molar-refractivity contribution in [3.8, 4) is 0 Å². The highest BCUT2D eigenvalue weighted by Gasteiger charge is 2.40. The van der Waals surface area contributed by atoms with Crippen LogP contribution in [0.3, 0.4) is 0 Å². The molecule has 0 aromatic heterocycles. The average Bonchev–Trinajstić information content (AvgIpc) is 1.82. The zero-order valence-corrected chi connectivity index (χ0v) is 6.66. The number of aliphatic carboxylic acids is 1. The van der Waals surface area contributed by atoms with Crippen LogP contribution in [0, 0.1) is 11.3 Å². The van der Waals surface area contributed by atoms with E-state index in [9.17, 15) is 4.79 Å². The molecule has 4 nitrogen and oxygen atoms in total. The third kappa shape index (κ3) is 1.20. The molecule has 2 N–H and O–H groups in total. The minimum Gasteiger partial charge on any atom is -0.481 e. The molecular weight excluding hydrogens is 144 g/mol. The summed E-state index contributed by atoms with van der Waals surface area (Å²) in [5.74, 6) is -0.583. The molecule has 1 aliphatic heterocycles. The second-order valence-electron chi connectivity index (χ2n) is 2.92. The molecule has 0 radical (unpaired) electrons. The molecule has 4 heteroatoms. The van der Waals surface area contributed by atoms with Crippen LogP contribution in [-0.2, 0) is 4.79 Å². The van der Waals surface area contributed by atoms with E-state index in [-0.39, 0.29) is 12.0 Å². The van der Waals surface area contributed by atoms with Gasteiger partial charge < -0.3 is 10.0 Å². The Hall–Kier alpha value is -1.06. The van der Waals surface area contributed by atoms with Crippen LogP contribution in [0.25, 0.3) is 0 Å². The molecule has 0 unspecified atom stereocenters. The summed E-state index contributed by atoms with van der Waals surface area (Å²) < 4.78 is 0. The summed E-state index contributed by atoms with van der Waals surface area (Å²) in [5, 5.41) is 15.9. The number of hydrogen-bond acceptors (Lipinski definition) is 2. The van der Waals surface area contributed by atoms with E-state index in [2.05, 4.69) is 0 Å². The average molecular weight is 156 g/mol. The van der Waals surface area contributed by atoms with Gasteiger partial charge in [-0.2, -0.15) is 0 Å². The fraction of sp³-hybridized carbons (Fsp3) is 0.714. The highest BCUT2D eigenvalue weighted by Crippen LogP contribution is 2.24. The van der Waals surface area contributed by atoms with Gasteiger partial charge in [0.1, 0.15) is 0 Å². The number of likely N-dealkylation sites (tertiary alicyclic amines) is 1. The van der Waals surface area contributed by atoms with E-state index in [1.807, 2.05) is 6.92 Å². The Morgan fingerprint density at radius 2 is 2.27 bits per heavy atom. The van der Waals surface area contributed by atoms with Crippen molar-refractivity contribution in [2.45, 2.75) is 19.9 Å². The zero-order chi connectivity index (χ0) is 8.59. The molecule has 0 saturated carbocycles. The predicted molar refractivity (Wildman–Crippen MR) is 40.7 cm³/mol. The molecule has 0 spiro atoms. The van der Waals surface area contributed by atoms with Crippen LogP contribution < -0.4 is 0 Å². The van der Waals surface area contributed by atoms with E-state index < -0.39 is 5.97 Å². The summed E-state index contributed by atoms with van der Waals surface area (Å²) in [4.78, 5) is 12.2. The summed E-state index contributed by atoms with van der Waals surface area (Å²) in [6.07, 6.45) is 0. The van der Waals surface area contributed by atoms with Crippen molar-refractivity contribution in [3.05, 3.63) is 0 Å². The third-order valence-electron chi connectivity index (χ3n) is 2.22. The van der Waals surface area contributed by atoms with Gasteiger partial charge in [0.05, 0.1) is 11.8 Å². The van der Waals surface area contributed by atoms with E-state index in [1.54, 1.807) is 11.8 Å². The lowest BCUT2D eigenvalue weighted by molar-refractivity contribution is -0.148. The normalized spacial score (nSPS) is 29.5. The minimum absolute atomic E-state index is 0.00926. The quantitative estimate of drug-likeness (QED) is 0.426. The lowest BCUT2D eigenvalue weighted by atomic mass is 9.90. The molecule has 2 atom stereocenters. The van der Waals surface area contributed by atoms with Gasteiger partial charge in [0.15, 0.2) is 0 Å². The number of carboxylic acid groups (broad SMARTS) is 1. The molecule has 0 bridgehead atoms. The van der Waals surface area contributed by atoms with E-state index in [4.69, 9.17) is 10.5 Å². The van der Waals surface area contributed by atoms with Gasteiger partial charge in [0.25, 0.3) is 0 Å². The molecular formula is C7H12N2O2. The SMILES string of the molecule is CC(=N)N1C[C@@H](C(=O)O)[C@@H]1C. The highest BCUT2D eigenvalue weighted by atomic mass is 16.4. The monoisotopic (exact) mass is 156 g/mol. The molecule has 0 aliphatic carbocycles. The first-order valence-corrected chi connectivity index (χ1v) is 3.58. The minimum atomic E-state index is -0.755. The largest absolute Gasteiger partial charge is 0.481 e.